The molecule has 2 aromatic rings. The van der Waals surface area contributed by atoms with Crippen LogP contribution >= 0.6 is 0 Å². The highest BCUT2D eigenvalue weighted by Gasteiger charge is 2.36. The van der Waals surface area contributed by atoms with Gasteiger partial charge < -0.3 is 21.1 Å². The van der Waals surface area contributed by atoms with E-state index in [2.05, 4.69) is 20.9 Å². The Labute approximate surface area is 169 Å². The highest BCUT2D eigenvalue weighted by molar-refractivity contribution is 5.67. The molecule has 0 unspecified atom stereocenters. The monoisotopic (exact) mass is 397 g/mol. The highest BCUT2D eigenvalue weighted by Crippen LogP contribution is 2.36. The predicted octanol–water partition coefficient (Wildman–Crippen LogP) is 4.30. The van der Waals surface area contributed by atoms with E-state index in [1.54, 1.807) is 6.92 Å². The molecule has 1 aromatic heterocycles. The van der Waals surface area contributed by atoms with Crippen molar-refractivity contribution in [1.29, 1.82) is 5.26 Å². The number of anilines is 3. The zero-order valence-corrected chi connectivity index (χ0v) is 16.6. The fraction of sp³-hybridized carbons (Fsp3) is 0.381. The minimum Gasteiger partial charge on any atom is -0.465 e. The molecule has 0 saturated heterocycles. The summed E-state index contributed by atoms with van der Waals surface area (Å²) in [7, 11) is 0. The maximum Gasteiger partial charge on any atom is 0.404 e. The number of hydrogen-bond donors (Lipinski definition) is 4. The average Bonchev–Trinajstić information content (AvgIpc) is 3.45. The molecule has 7 nitrogen and oxygen atoms in total. The van der Waals surface area contributed by atoms with Gasteiger partial charge in [-0.05, 0) is 68.9 Å². The van der Waals surface area contributed by atoms with Gasteiger partial charge in [-0.15, -0.1) is 0 Å². The fourth-order valence-corrected chi connectivity index (χ4v) is 3.50. The zero-order chi connectivity index (χ0) is 21.1. The largest absolute Gasteiger partial charge is 0.465 e. The summed E-state index contributed by atoms with van der Waals surface area (Å²) >= 11 is 0. The van der Waals surface area contributed by atoms with Gasteiger partial charge in [0.15, 0.2) is 17.5 Å². The third-order valence-electron chi connectivity index (χ3n) is 4.90. The number of hydrogen-bond acceptors (Lipinski definition) is 5. The Hall–Kier alpha value is -3.34. The van der Waals surface area contributed by atoms with Crippen LogP contribution in [0.3, 0.4) is 0 Å². The molecule has 4 N–H and O–H groups in total. The minimum atomic E-state index is -1.13. The van der Waals surface area contributed by atoms with E-state index in [0.717, 1.165) is 35.7 Å². The lowest BCUT2D eigenvalue weighted by Gasteiger charge is -2.26. The molecular formula is C21H24FN5O2. The van der Waals surface area contributed by atoms with Crippen LogP contribution in [0.15, 0.2) is 24.3 Å². The van der Waals surface area contributed by atoms with Crippen LogP contribution in [0.5, 0.6) is 0 Å². The Morgan fingerprint density at radius 1 is 1.24 bits per heavy atom. The standard InChI is InChI=1S/C21H24FN5O2/c1-11-6-12(2)8-16(7-11)25-19-15(10-23)9-17(22)20(27-19)26-18(14-4-5-14)13(3)24-21(28)29/h6-9,13-14,18,24H,4-5H2,1-3H3,(H,28,29)(H2,25,26,27)/t13-,18+/m0/s1. The van der Waals surface area contributed by atoms with E-state index < -0.39 is 18.0 Å². The maximum absolute atomic E-state index is 14.6. The summed E-state index contributed by atoms with van der Waals surface area (Å²) in [6, 6.07) is 8.24. The van der Waals surface area contributed by atoms with E-state index in [4.69, 9.17) is 5.11 Å². The van der Waals surface area contributed by atoms with Gasteiger partial charge in [0.1, 0.15) is 6.07 Å². The lowest BCUT2D eigenvalue weighted by molar-refractivity contribution is 0.188. The number of nitrogens with zero attached hydrogens (tertiary/aromatic N) is 2. The molecule has 0 radical (unpaired) electrons. The van der Waals surface area contributed by atoms with Gasteiger partial charge in [-0.1, -0.05) is 6.07 Å². The van der Waals surface area contributed by atoms with Crippen molar-refractivity contribution in [2.75, 3.05) is 10.6 Å². The minimum absolute atomic E-state index is 0.00758. The van der Waals surface area contributed by atoms with Crippen molar-refractivity contribution >= 4 is 23.4 Å². The smallest absolute Gasteiger partial charge is 0.404 e. The zero-order valence-electron chi connectivity index (χ0n) is 16.6. The first kappa shape index (κ1) is 20.4. The van der Waals surface area contributed by atoms with Crippen molar-refractivity contribution in [2.45, 2.75) is 45.7 Å². The summed E-state index contributed by atoms with van der Waals surface area (Å²) in [5.41, 5.74) is 2.94. The van der Waals surface area contributed by atoms with E-state index in [0.29, 0.717) is 0 Å². The van der Waals surface area contributed by atoms with Crippen molar-refractivity contribution in [3.63, 3.8) is 0 Å². The van der Waals surface area contributed by atoms with E-state index in [1.165, 1.54) is 0 Å². The van der Waals surface area contributed by atoms with Crippen LogP contribution in [-0.4, -0.2) is 28.3 Å². The Morgan fingerprint density at radius 3 is 2.45 bits per heavy atom. The van der Waals surface area contributed by atoms with Crippen LogP contribution in [0.1, 0.15) is 36.5 Å². The lowest BCUT2D eigenvalue weighted by atomic mass is 10.0. The number of nitriles is 1. The summed E-state index contributed by atoms with van der Waals surface area (Å²) in [6.07, 6.45) is 0.749. The number of nitrogens with one attached hydrogen (secondary N) is 3. The van der Waals surface area contributed by atoms with E-state index in [9.17, 15) is 14.4 Å². The molecule has 1 fully saturated rings. The second-order valence-corrected chi connectivity index (χ2v) is 7.57. The normalized spacial score (nSPS) is 15.1. The molecule has 1 aliphatic carbocycles. The quantitative estimate of drug-likeness (QED) is 0.554. The van der Waals surface area contributed by atoms with Crippen molar-refractivity contribution in [2.24, 2.45) is 5.92 Å². The van der Waals surface area contributed by atoms with Crippen LogP contribution in [0.25, 0.3) is 0 Å². The molecule has 1 amide bonds. The highest BCUT2D eigenvalue weighted by atomic mass is 19.1. The average molecular weight is 397 g/mol. The van der Waals surface area contributed by atoms with Crippen molar-refractivity contribution in [1.82, 2.24) is 10.3 Å². The molecule has 152 valence electrons. The topological polar surface area (TPSA) is 110 Å². The summed E-state index contributed by atoms with van der Waals surface area (Å²) in [4.78, 5) is 15.3. The Balaban J connectivity index is 1.90. The lowest BCUT2D eigenvalue weighted by Crippen LogP contribution is -2.45. The first-order valence-corrected chi connectivity index (χ1v) is 9.48. The fourth-order valence-electron chi connectivity index (χ4n) is 3.50. The van der Waals surface area contributed by atoms with Crippen LogP contribution in [0, 0.1) is 36.9 Å². The summed E-state index contributed by atoms with van der Waals surface area (Å²) in [6.45, 7) is 5.66. The number of benzene rings is 1. The Bertz CT molecular complexity index is 948. The number of pyridine rings is 1. The van der Waals surface area contributed by atoms with Crippen LogP contribution in [-0.2, 0) is 0 Å². The molecule has 8 heteroatoms. The number of carboxylic acid groups (broad SMARTS) is 1. The van der Waals surface area contributed by atoms with Crippen molar-refractivity contribution in [3.8, 4) is 6.07 Å². The third kappa shape index (κ3) is 5.13. The molecule has 0 aliphatic heterocycles. The van der Waals surface area contributed by atoms with E-state index in [1.807, 2.05) is 38.1 Å². The Morgan fingerprint density at radius 2 is 1.90 bits per heavy atom. The van der Waals surface area contributed by atoms with Crippen LogP contribution < -0.4 is 16.0 Å². The van der Waals surface area contributed by atoms with Crippen molar-refractivity contribution in [3.05, 3.63) is 46.8 Å². The second-order valence-electron chi connectivity index (χ2n) is 7.57. The Kier molecular flexibility index (Phi) is 5.87. The van der Waals surface area contributed by atoms with Gasteiger partial charge >= 0.3 is 6.09 Å². The molecule has 2 atom stereocenters. The van der Waals surface area contributed by atoms with Gasteiger partial charge in [-0.25, -0.2) is 14.2 Å². The van der Waals surface area contributed by atoms with Gasteiger partial charge in [0.25, 0.3) is 0 Å². The summed E-state index contributed by atoms with van der Waals surface area (Å²) in [5.74, 6) is -0.174. The number of rotatable bonds is 7. The van der Waals surface area contributed by atoms with Crippen LogP contribution in [0.2, 0.25) is 0 Å². The van der Waals surface area contributed by atoms with E-state index in [-0.39, 0.29) is 29.2 Å². The molecule has 0 bridgehead atoms. The summed E-state index contributed by atoms with van der Waals surface area (Å²) in [5, 5.41) is 27.0. The number of carbonyl (C=O) groups is 1. The number of aromatic nitrogens is 1. The van der Waals surface area contributed by atoms with Gasteiger partial charge in [-0.3, -0.25) is 0 Å². The number of amides is 1. The first-order valence-electron chi connectivity index (χ1n) is 9.48. The molecule has 1 aromatic carbocycles. The molecule has 1 heterocycles. The van der Waals surface area contributed by atoms with Crippen molar-refractivity contribution < 1.29 is 14.3 Å². The molecule has 3 rings (SSSR count). The third-order valence-corrected chi connectivity index (χ3v) is 4.90. The molecule has 1 aliphatic rings. The second kappa shape index (κ2) is 8.35. The maximum atomic E-state index is 14.6. The molecule has 1 saturated carbocycles. The molecule has 29 heavy (non-hydrogen) atoms. The predicted molar refractivity (Wildman–Crippen MR) is 109 cm³/mol. The van der Waals surface area contributed by atoms with Gasteiger partial charge in [-0.2, -0.15) is 5.26 Å². The van der Waals surface area contributed by atoms with E-state index >= 15 is 0 Å². The van der Waals surface area contributed by atoms with Gasteiger partial charge in [0.05, 0.1) is 11.6 Å². The van der Waals surface area contributed by atoms with Gasteiger partial charge in [0, 0.05) is 11.7 Å². The SMILES string of the molecule is Cc1cc(C)cc(Nc2nc(N[C@@H](C3CC3)[C@H](C)NC(=O)O)c(F)cc2C#N)c1. The number of aryl methyl sites for hydroxylation is 2. The number of halogens is 1. The first-order chi connectivity index (χ1) is 13.8. The molecular weight excluding hydrogens is 373 g/mol. The summed E-state index contributed by atoms with van der Waals surface area (Å²) < 4.78 is 14.6. The van der Waals surface area contributed by atoms with Crippen LogP contribution in [0.4, 0.5) is 26.5 Å². The van der Waals surface area contributed by atoms with Gasteiger partial charge in [0.2, 0.25) is 0 Å². The molecule has 0 spiro atoms.